The summed E-state index contributed by atoms with van der Waals surface area (Å²) in [4.78, 5) is 22.9. The summed E-state index contributed by atoms with van der Waals surface area (Å²) in [5.74, 6) is 0.0971. The molecule has 0 bridgehead atoms. The third-order valence-electron chi connectivity index (χ3n) is 2.14. The van der Waals surface area contributed by atoms with E-state index in [4.69, 9.17) is 4.74 Å². The van der Waals surface area contributed by atoms with Gasteiger partial charge in [0.1, 0.15) is 12.2 Å². The summed E-state index contributed by atoms with van der Waals surface area (Å²) < 4.78 is 5.01. The van der Waals surface area contributed by atoms with Crippen LogP contribution in [0, 0.1) is 0 Å². The van der Waals surface area contributed by atoms with E-state index in [1.807, 2.05) is 13.8 Å². The molecule has 0 radical (unpaired) electrons. The Labute approximate surface area is 107 Å². The Balaban J connectivity index is 2.46. The molecule has 5 heteroatoms. The summed E-state index contributed by atoms with van der Waals surface area (Å²) in [7, 11) is 1.57. The Hall–Kier alpha value is -2.04. The van der Waals surface area contributed by atoms with Gasteiger partial charge in [-0.2, -0.15) is 0 Å². The van der Waals surface area contributed by atoms with Crippen molar-refractivity contribution in [2.75, 3.05) is 12.4 Å². The second-order valence-corrected chi connectivity index (χ2v) is 4.18. The van der Waals surface area contributed by atoms with Crippen LogP contribution < -0.4 is 15.4 Å². The molecule has 0 unspecified atom stereocenters. The number of anilines is 1. The number of ether oxygens (including phenoxy) is 1. The van der Waals surface area contributed by atoms with Crippen molar-refractivity contribution in [3.8, 4) is 5.75 Å². The molecular formula is C13H18N2O3. The molecule has 0 spiro atoms. The van der Waals surface area contributed by atoms with Crippen LogP contribution in [0.25, 0.3) is 0 Å². The largest absolute Gasteiger partial charge is 0.497 e. The van der Waals surface area contributed by atoms with Crippen LogP contribution in [0.15, 0.2) is 24.3 Å². The Morgan fingerprint density at radius 2 is 1.78 bits per heavy atom. The zero-order valence-electron chi connectivity index (χ0n) is 10.8. The van der Waals surface area contributed by atoms with Crippen molar-refractivity contribution in [2.24, 2.45) is 0 Å². The van der Waals surface area contributed by atoms with Crippen molar-refractivity contribution >= 4 is 17.5 Å². The molecule has 1 rings (SSSR count). The molecule has 0 heterocycles. The second kappa shape index (κ2) is 6.64. The van der Waals surface area contributed by atoms with Gasteiger partial charge < -0.3 is 15.4 Å². The van der Waals surface area contributed by atoms with Gasteiger partial charge in [0.05, 0.1) is 7.11 Å². The molecule has 0 saturated heterocycles. The summed E-state index contributed by atoms with van der Waals surface area (Å²) in [6, 6.07) is 6.95. The molecule has 0 aromatic heterocycles. The average Bonchev–Trinajstić information content (AvgIpc) is 2.28. The number of amides is 2. The predicted molar refractivity (Wildman–Crippen MR) is 69.5 cm³/mol. The number of carbonyl (C=O) groups excluding carboxylic acids is 2. The standard InChI is InChI=1S/C13H18N2O3/c1-9(2)14-12(16)8-13(17)15-10-4-6-11(18-3)7-5-10/h4-7,9H,8H2,1-3H3,(H,14,16)(H,15,17). The van der Waals surface area contributed by atoms with Gasteiger partial charge in [-0.1, -0.05) is 0 Å². The lowest BCUT2D eigenvalue weighted by Gasteiger charge is -2.09. The van der Waals surface area contributed by atoms with E-state index in [9.17, 15) is 9.59 Å². The van der Waals surface area contributed by atoms with Crippen molar-refractivity contribution in [1.82, 2.24) is 5.32 Å². The molecule has 0 saturated carbocycles. The molecule has 1 aromatic carbocycles. The molecule has 0 aliphatic heterocycles. The molecule has 18 heavy (non-hydrogen) atoms. The lowest BCUT2D eigenvalue weighted by Crippen LogP contribution is -2.33. The summed E-state index contributed by atoms with van der Waals surface area (Å²) in [6.45, 7) is 3.69. The normalized spacial score (nSPS) is 10.0. The predicted octanol–water partition coefficient (Wildman–Crippen LogP) is 1.55. The quantitative estimate of drug-likeness (QED) is 0.779. The molecule has 0 aliphatic rings. The van der Waals surface area contributed by atoms with Gasteiger partial charge in [-0.15, -0.1) is 0 Å². The fraction of sp³-hybridized carbons (Fsp3) is 0.385. The minimum Gasteiger partial charge on any atom is -0.497 e. The lowest BCUT2D eigenvalue weighted by molar-refractivity contribution is -0.127. The third-order valence-corrected chi connectivity index (χ3v) is 2.14. The first kappa shape index (κ1) is 14.0. The average molecular weight is 250 g/mol. The number of methoxy groups -OCH3 is 1. The molecule has 0 fully saturated rings. The van der Waals surface area contributed by atoms with Crippen molar-refractivity contribution in [2.45, 2.75) is 26.3 Å². The molecule has 1 aromatic rings. The van der Waals surface area contributed by atoms with Gasteiger partial charge in [0.25, 0.3) is 0 Å². The molecule has 2 N–H and O–H groups in total. The summed E-state index contributed by atoms with van der Waals surface area (Å²) in [5.41, 5.74) is 0.637. The highest BCUT2D eigenvalue weighted by Gasteiger charge is 2.10. The molecule has 0 atom stereocenters. The Morgan fingerprint density at radius 1 is 1.17 bits per heavy atom. The van der Waals surface area contributed by atoms with E-state index in [-0.39, 0.29) is 24.3 Å². The van der Waals surface area contributed by atoms with E-state index in [1.54, 1.807) is 31.4 Å². The lowest BCUT2D eigenvalue weighted by atomic mass is 10.2. The first-order chi connectivity index (χ1) is 8.51. The third kappa shape index (κ3) is 4.86. The van der Waals surface area contributed by atoms with E-state index < -0.39 is 0 Å². The van der Waals surface area contributed by atoms with Crippen LogP contribution in [0.3, 0.4) is 0 Å². The monoisotopic (exact) mass is 250 g/mol. The highest BCUT2D eigenvalue weighted by atomic mass is 16.5. The van der Waals surface area contributed by atoms with Crippen LogP contribution in [0.4, 0.5) is 5.69 Å². The fourth-order valence-corrected chi connectivity index (χ4v) is 1.40. The minimum absolute atomic E-state index is 0.0336. The number of hydrogen-bond acceptors (Lipinski definition) is 3. The summed E-state index contributed by atoms with van der Waals surface area (Å²) in [6.07, 6.45) is -0.176. The fourth-order valence-electron chi connectivity index (χ4n) is 1.40. The smallest absolute Gasteiger partial charge is 0.233 e. The highest BCUT2D eigenvalue weighted by Crippen LogP contribution is 2.14. The van der Waals surface area contributed by atoms with E-state index >= 15 is 0 Å². The van der Waals surface area contributed by atoms with Gasteiger partial charge in [0, 0.05) is 11.7 Å². The van der Waals surface area contributed by atoms with Crippen molar-refractivity contribution in [1.29, 1.82) is 0 Å². The highest BCUT2D eigenvalue weighted by molar-refractivity contribution is 6.03. The minimum atomic E-state index is -0.335. The van der Waals surface area contributed by atoms with Crippen LogP contribution in [0.2, 0.25) is 0 Å². The van der Waals surface area contributed by atoms with Crippen LogP contribution in [0.1, 0.15) is 20.3 Å². The number of carbonyl (C=O) groups is 2. The van der Waals surface area contributed by atoms with Crippen molar-refractivity contribution in [3.05, 3.63) is 24.3 Å². The second-order valence-electron chi connectivity index (χ2n) is 4.18. The number of rotatable bonds is 5. The molecule has 98 valence electrons. The maximum Gasteiger partial charge on any atom is 0.233 e. The van der Waals surface area contributed by atoms with Gasteiger partial charge in [-0.05, 0) is 38.1 Å². The van der Waals surface area contributed by atoms with E-state index in [0.29, 0.717) is 11.4 Å². The van der Waals surface area contributed by atoms with Crippen LogP contribution in [0.5, 0.6) is 5.75 Å². The van der Waals surface area contributed by atoms with Gasteiger partial charge >= 0.3 is 0 Å². The Bertz CT molecular complexity index is 413. The molecular weight excluding hydrogens is 232 g/mol. The zero-order valence-corrected chi connectivity index (χ0v) is 10.8. The maximum absolute atomic E-state index is 11.6. The summed E-state index contributed by atoms with van der Waals surface area (Å²) in [5, 5.41) is 5.30. The van der Waals surface area contributed by atoms with E-state index in [0.717, 1.165) is 0 Å². The molecule has 5 nitrogen and oxygen atoms in total. The number of hydrogen-bond donors (Lipinski definition) is 2. The Kier molecular flexibility index (Phi) is 5.17. The van der Waals surface area contributed by atoms with Gasteiger partial charge in [0.15, 0.2) is 0 Å². The maximum atomic E-state index is 11.6. The van der Waals surface area contributed by atoms with Crippen LogP contribution >= 0.6 is 0 Å². The van der Waals surface area contributed by atoms with Crippen LogP contribution in [-0.4, -0.2) is 25.0 Å². The van der Waals surface area contributed by atoms with E-state index in [1.165, 1.54) is 0 Å². The first-order valence-electron chi connectivity index (χ1n) is 5.74. The molecule has 0 aliphatic carbocycles. The number of benzene rings is 1. The molecule has 2 amide bonds. The zero-order chi connectivity index (χ0) is 13.5. The van der Waals surface area contributed by atoms with Gasteiger partial charge in [0.2, 0.25) is 11.8 Å². The Morgan fingerprint density at radius 3 is 2.28 bits per heavy atom. The number of nitrogens with one attached hydrogen (secondary N) is 2. The van der Waals surface area contributed by atoms with Crippen LogP contribution in [-0.2, 0) is 9.59 Å². The van der Waals surface area contributed by atoms with Crippen molar-refractivity contribution < 1.29 is 14.3 Å². The topological polar surface area (TPSA) is 67.4 Å². The van der Waals surface area contributed by atoms with Gasteiger partial charge in [-0.3, -0.25) is 9.59 Å². The summed E-state index contributed by atoms with van der Waals surface area (Å²) >= 11 is 0. The SMILES string of the molecule is COc1ccc(NC(=O)CC(=O)NC(C)C)cc1. The van der Waals surface area contributed by atoms with Crippen molar-refractivity contribution in [3.63, 3.8) is 0 Å². The van der Waals surface area contributed by atoms with Gasteiger partial charge in [-0.25, -0.2) is 0 Å². The van der Waals surface area contributed by atoms with E-state index in [2.05, 4.69) is 10.6 Å². The first-order valence-corrected chi connectivity index (χ1v) is 5.74.